The van der Waals surface area contributed by atoms with Crippen LogP contribution in [0.4, 0.5) is 0 Å². The molecule has 2 atom stereocenters. The molecule has 2 unspecified atom stereocenters. The summed E-state index contributed by atoms with van der Waals surface area (Å²) >= 11 is 1.35. The monoisotopic (exact) mass is 464 g/mol. The Morgan fingerprint density at radius 3 is 2.50 bits per heavy atom. The van der Waals surface area contributed by atoms with Gasteiger partial charge in [-0.15, -0.1) is 11.8 Å². The lowest BCUT2D eigenvalue weighted by Gasteiger charge is -2.14. The minimum atomic E-state index is -1.03. The SMILES string of the molecule is CCCCS(=O)CC(O)CSc1nc(-c2ccc(C)cc2)cc(-c2ccccc2)c1C#N. The van der Waals surface area contributed by atoms with Crippen LogP contribution in [0.15, 0.2) is 65.7 Å². The van der Waals surface area contributed by atoms with Gasteiger partial charge in [-0.3, -0.25) is 4.21 Å². The first-order valence-corrected chi connectivity index (χ1v) is 13.2. The third-order valence-electron chi connectivity index (χ3n) is 5.05. The van der Waals surface area contributed by atoms with Gasteiger partial charge < -0.3 is 5.11 Å². The topological polar surface area (TPSA) is 74.0 Å². The highest BCUT2D eigenvalue weighted by atomic mass is 32.2. The number of hydrogen-bond donors (Lipinski definition) is 1. The van der Waals surface area contributed by atoms with Gasteiger partial charge in [-0.25, -0.2) is 4.98 Å². The minimum absolute atomic E-state index is 0.248. The number of nitriles is 1. The fraction of sp³-hybridized carbons (Fsp3) is 0.308. The molecule has 0 radical (unpaired) electrons. The van der Waals surface area contributed by atoms with Crippen LogP contribution in [0.2, 0.25) is 0 Å². The number of aryl methyl sites for hydroxylation is 1. The number of unbranched alkanes of at least 4 members (excludes halogenated alkanes) is 1. The number of benzene rings is 2. The summed E-state index contributed by atoms with van der Waals surface area (Å²) in [4.78, 5) is 4.78. The number of rotatable bonds is 10. The molecule has 0 saturated heterocycles. The molecule has 0 fully saturated rings. The van der Waals surface area contributed by atoms with Gasteiger partial charge >= 0.3 is 0 Å². The van der Waals surface area contributed by atoms with E-state index >= 15 is 0 Å². The Kier molecular flexibility index (Phi) is 9.04. The Hall–Kier alpha value is -2.46. The molecule has 3 aromatic rings. The van der Waals surface area contributed by atoms with E-state index in [0.29, 0.717) is 22.1 Å². The molecule has 4 nitrogen and oxygen atoms in total. The molecule has 166 valence electrons. The molecule has 0 spiro atoms. The van der Waals surface area contributed by atoms with E-state index in [4.69, 9.17) is 4.98 Å². The number of aliphatic hydroxyl groups is 1. The summed E-state index contributed by atoms with van der Waals surface area (Å²) in [7, 11) is -1.03. The van der Waals surface area contributed by atoms with Crippen LogP contribution >= 0.6 is 11.8 Å². The molecular formula is C26H28N2O2S2. The van der Waals surface area contributed by atoms with Gasteiger partial charge in [0.1, 0.15) is 11.1 Å². The lowest BCUT2D eigenvalue weighted by molar-refractivity contribution is 0.224. The van der Waals surface area contributed by atoms with Gasteiger partial charge in [0.15, 0.2) is 0 Å². The van der Waals surface area contributed by atoms with Crippen LogP contribution in [-0.2, 0) is 10.8 Å². The standard InChI is InChI=1S/C26H28N2O2S2/c1-3-4-14-32(30)18-22(29)17-31-26-24(16-27)23(20-8-6-5-7-9-20)15-25(28-26)21-12-10-19(2)11-13-21/h5-13,15,22,29H,3-4,14,17-18H2,1-2H3. The third kappa shape index (κ3) is 6.52. The zero-order chi connectivity index (χ0) is 22.9. The van der Waals surface area contributed by atoms with E-state index in [2.05, 4.69) is 13.0 Å². The predicted molar refractivity (Wildman–Crippen MR) is 134 cm³/mol. The Morgan fingerprint density at radius 2 is 1.84 bits per heavy atom. The van der Waals surface area contributed by atoms with E-state index in [9.17, 15) is 14.6 Å². The smallest absolute Gasteiger partial charge is 0.115 e. The van der Waals surface area contributed by atoms with Crippen molar-refractivity contribution in [3.63, 3.8) is 0 Å². The molecule has 2 aromatic carbocycles. The number of pyridine rings is 1. The first-order chi connectivity index (χ1) is 15.5. The van der Waals surface area contributed by atoms with Crippen LogP contribution in [0.25, 0.3) is 22.4 Å². The van der Waals surface area contributed by atoms with E-state index < -0.39 is 16.9 Å². The van der Waals surface area contributed by atoms with Crippen LogP contribution in [0.1, 0.15) is 30.9 Å². The van der Waals surface area contributed by atoms with Crippen molar-refractivity contribution in [2.75, 3.05) is 17.3 Å². The largest absolute Gasteiger partial charge is 0.391 e. The summed E-state index contributed by atoms with van der Waals surface area (Å²) < 4.78 is 12.1. The Labute approximate surface area is 197 Å². The summed E-state index contributed by atoms with van der Waals surface area (Å²) in [6.45, 7) is 4.10. The van der Waals surface area contributed by atoms with E-state index in [1.54, 1.807) is 0 Å². The maximum atomic E-state index is 12.1. The van der Waals surface area contributed by atoms with Crippen LogP contribution < -0.4 is 0 Å². The average Bonchev–Trinajstić information content (AvgIpc) is 2.81. The maximum absolute atomic E-state index is 12.1. The van der Waals surface area contributed by atoms with E-state index in [0.717, 1.165) is 35.2 Å². The third-order valence-corrected chi connectivity index (χ3v) is 7.67. The van der Waals surface area contributed by atoms with Crippen molar-refractivity contribution >= 4 is 22.6 Å². The first-order valence-electron chi connectivity index (χ1n) is 10.7. The molecule has 1 aromatic heterocycles. The summed E-state index contributed by atoms with van der Waals surface area (Å²) in [5, 5.41) is 21.0. The highest BCUT2D eigenvalue weighted by Gasteiger charge is 2.18. The second-order valence-corrected chi connectivity index (χ2v) is 10.3. The van der Waals surface area contributed by atoms with Crippen LogP contribution in [0.5, 0.6) is 0 Å². The average molecular weight is 465 g/mol. The van der Waals surface area contributed by atoms with Crippen molar-refractivity contribution in [1.29, 1.82) is 5.26 Å². The zero-order valence-electron chi connectivity index (χ0n) is 18.5. The molecule has 0 amide bonds. The van der Waals surface area contributed by atoms with Crippen LogP contribution in [0, 0.1) is 18.3 Å². The van der Waals surface area contributed by atoms with Crippen molar-refractivity contribution in [2.24, 2.45) is 0 Å². The molecule has 0 bridgehead atoms. The summed E-state index contributed by atoms with van der Waals surface area (Å²) in [5.74, 6) is 1.20. The molecule has 0 aliphatic rings. The Balaban J connectivity index is 1.93. The van der Waals surface area contributed by atoms with Gasteiger partial charge in [0.25, 0.3) is 0 Å². The summed E-state index contributed by atoms with van der Waals surface area (Å²) in [6.07, 6.45) is 1.17. The van der Waals surface area contributed by atoms with Gasteiger partial charge in [0, 0.05) is 33.4 Å². The van der Waals surface area contributed by atoms with Crippen molar-refractivity contribution in [3.8, 4) is 28.5 Å². The van der Waals surface area contributed by atoms with Crippen LogP contribution in [-0.4, -0.2) is 37.7 Å². The van der Waals surface area contributed by atoms with E-state index in [1.807, 2.05) is 67.6 Å². The van der Waals surface area contributed by atoms with Crippen molar-refractivity contribution in [1.82, 2.24) is 4.98 Å². The molecule has 1 N–H and O–H groups in total. The highest BCUT2D eigenvalue weighted by Crippen LogP contribution is 2.34. The summed E-state index contributed by atoms with van der Waals surface area (Å²) in [5.41, 5.74) is 5.19. The number of aliphatic hydroxyl groups excluding tert-OH is 1. The van der Waals surface area contributed by atoms with Gasteiger partial charge in [-0.2, -0.15) is 5.26 Å². The Morgan fingerprint density at radius 1 is 1.12 bits per heavy atom. The van der Waals surface area contributed by atoms with Crippen LogP contribution in [0.3, 0.4) is 0 Å². The second-order valence-electron chi connectivity index (χ2n) is 7.71. The highest BCUT2D eigenvalue weighted by molar-refractivity contribution is 7.99. The van der Waals surface area contributed by atoms with Gasteiger partial charge in [-0.1, -0.05) is 73.5 Å². The van der Waals surface area contributed by atoms with Gasteiger partial charge in [0.05, 0.1) is 23.1 Å². The number of nitrogens with zero attached hydrogens (tertiary/aromatic N) is 2. The van der Waals surface area contributed by atoms with E-state index in [1.165, 1.54) is 17.3 Å². The lowest BCUT2D eigenvalue weighted by Crippen LogP contribution is -2.21. The quantitative estimate of drug-likeness (QED) is 0.396. The maximum Gasteiger partial charge on any atom is 0.115 e. The predicted octanol–water partition coefficient (Wildman–Crippen LogP) is 5.60. The molecule has 0 aliphatic carbocycles. The fourth-order valence-electron chi connectivity index (χ4n) is 3.28. The Bertz CT molecular complexity index is 1090. The van der Waals surface area contributed by atoms with Gasteiger partial charge in [0.2, 0.25) is 0 Å². The van der Waals surface area contributed by atoms with Crippen molar-refractivity contribution in [3.05, 3.63) is 71.8 Å². The molecule has 6 heteroatoms. The second kappa shape index (κ2) is 12.0. The fourth-order valence-corrected chi connectivity index (χ4v) is 5.68. The minimum Gasteiger partial charge on any atom is -0.391 e. The molecule has 32 heavy (non-hydrogen) atoms. The normalized spacial score (nSPS) is 12.8. The molecular weight excluding hydrogens is 436 g/mol. The number of hydrogen-bond acceptors (Lipinski definition) is 5. The summed E-state index contributed by atoms with van der Waals surface area (Å²) in [6, 6.07) is 22.2. The van der Waals surface area contributed by atoms with Crippen molar-refractivity contribution in [2.45, 2.75) is 37.8 Å². The van der Waals surface area contributed by atoms with Gasteiger partial charge in [-0.05, 0) is 25.0 Å². The molecule has 3 rings (SSSR count). The zero-order valence-corrected chi connectivity index (χ0v) is 20.1. The van der Waals surface area contributed by atoms with Crippen molar-refractivity contribution < 1.29 is 9.32 Å². The number of aromatic nitrogens is 1. The molecule has 0 aliphatic heterocycles. The molecule has 0 saturated carbocycles. The molecule has 1 heterocycles. The first kappa shape index (κ1) is 24.2. The lowest BCUT2D eigenvalue weighted by atomic mass is 9.99. The number of thioether (sulfide) groups is 1. The van der Waals surface area contributed by atoms with E-state index in [-0.39, 0.29) is 5.75 Å².